The largest absolute Gasteiger partial charge is 0.397 e. The summed E-state index contributed by atoms with van der Waals surface area (Å²) >= 11 is 0. The van der Waals surface area contributed by atoms with Crippen LogP contribution in [0.1, 0.15) is 30.6 Å². The van der Waals surface area contributed by atoms with E-state index in [0.717, 1.165) is 12.2 Å². The number of carbonyl (C=O) groups excluding carboxylic acids is 1. The highest BCUT2D eigenvalue weighted by molar-refractivity contribution is 5.94. The molecule has 0 aromatic heterocycles. The highest BCUT2D eigenvalue weighted by atomic mass is 16.1. The number of rotatable bonds is 4. The highest BCUT2D eigenvalue weighted by Gasteiger charge is 2.44. The Labute approximate surface area is 101 Å². The number of hydrogen-bond acceptors (Lipinski definition) is 3. The van der Waals surface area contributed by atoms with Crippen LogP contribution in [0.15, 0.2) is 18.2 Å². The number of nitrogen functional groups attached to an aromatic ring is 1. The zero-order valence-corrected chi connectivity index (χ0v) is 10.3. The number of anilines is 2. The van der Waals surface area contributed by atoms with Gasteiger partial charge < -0.3 is 16.8 Å². The Morgan fingerprint density at radius 3 is 2.65 bits per heavy atom. The molecule has 1 amide bonds. The molecule has 0 bridgehead atoms. The first-order valence-electron chi connectivity index (χ1n) is 5.83. The Hall–Kier alpha value is -1.71. The highest BCUT2D eigenvalue weighted by Crippen LogP contribution is 2.51. The Kier molecular flexibility index (Phi) is 2.73. The third-order valence-electron chi connectivity index (χ3n) is 3.59. The predicted octanol–water partition coefficient (Wildman–Crippen LogP) is 1.83. The molecular weight excluding hydrogens is 214 g/mol. The molecule has 1 fully saturated rings. The molecule has 4 nitrogen and oxygen atoms in total. The lowest BCUT2D eigenvalue weighted by Gasteiger charge is -2.11. The summed E-state index contributed by atoms with van der Waals surface area (Å²) < 4.78 is 0. The van der Waals surface area contributed by atoms with Gasteiger partial charge in [0.25, 0.3) is 0 Å². The second-order valence-corrected chi connectivity index (χ2v) is 5.44. The van der Waals surface area contributed by atoms with Crippen molar-refractivity contribution in [2.45, 2.75) is 20.3 Å². The second kappa shape index (κ2) is 3.95. The second-order valence-electron chi connectivity index (χ2n) is 5.44. The molecule has 0 aliphatic heterocycles. The average Bonchev–Trinajstić information content (AvgIpc) is 2.84. The van der Waals surface area contributed by atoms with E-state index in [0.29, 0.717) is 22.6 Å². The number of amides is 1. The Bertz CT molecular complexity index is 454. The minimum Gasteiger partial charge on any atom is -0.397 e. The molecule has 0 saturated heterocycles. The Balaban J connectivity index is 2.00. The topological polar surface area (TPSA) is 81.1 Å². The van der Waals surface area contributed by atoms with E-state index in [4.69, 9.17) is 11.5 Å². The number of nitrogens with one attached hydrogen (secondary N) is 1. The van der Waals surface area contributed by atoms with Gasteiger partial charge in [-0.2, -0.15) is 0 Å². The van der Waals surface area contributed by atoms with Crippen molar-refractivity contribution in [3.8, 4) is 0 Å². The summed E-state index contributed by atoms with van der Waals surface area (Å²) in [6.07, 6.45) is 1.25. The normalized spacial score (nSPS) is 20.9. The maximum absolute atomic E-state index is 11.0. The fourth-order valence-corrected chi connectivity index (χ4v) is 2.03. The van der Waals surface area contributed by atoms with E-state index < -0.39 is 5.91 Å². The van der Waals surface area contributed by atoms with Crippen LogP contribution in [0.4, 0.5) is 11.4 Å². The van der Waals surface area contributed by atoms with Crippen molar-refractivity contribution in [2.24, 2.45) is 17.1 Å². The zero-order valence-electron chi connectivity index (χ0n) is 10.3. The molecule has 17 heavy (non-hydrogen) atoms. The number of benzene rings is 1. The van der Waals surface area contributed by atoms with Gasteiger partial charge in [0.1, 0.15) is 0 Å². The molecule has 2 rings (SSSR count). The van der Waals surface area contributed by atoms with E-state index >= 15 is 0 Å². The first-order valence-corrected chi connectivity index (χ1v) is 5.83. The molecule has 4 heteroatoms. The average molecular weight is 233 g/mol. The lowest BCUT2D eigenvalue weighted by Crippen LogP contribution is -2.13. The van der Waals surface area contributed by atoms with Crippen LogP contribution in [0.2, 0.25) is 0 Å². The van der Waals surface area contributed by atoms with E-state index in [1.807, 2.05) is 6.07 Å². The molecule has 0 heterocycles. The number of hydrogen-bond donors (Lipinski definition) is 3. The van der Waals surface area contributed by atoms with Crippen molar-refractivity contribution < 1.29 is 4.79 Å². The van der Waals surface area contributed by atoms with E-state index in [-0.39, 0.29) is 0 Å². The van der Waals surface area contributed by atoms with Gasteiger partial charge in [-0.1, -0.05) is 13.8 Å². The van der Waals surface area contributed by atoms with Crippen molar-refractivity contribution in [3.05, 3.63) is 23.8 Å². The molecule has 0 radical (unpaired) electrons. The number of primary amides is 1. The monoisotopic (exact) mass is 233 g/mol. The first-order chi connectivity index (χ1) is 7.90. The molecule has 1 saturated carbocycles. The molecule has 1 atom stereocenters. The van der Waals surface area contributed by atoms with E-state index in [9.17, 15) is 4.79 Å². The third kappa shape index (κ3) is 2.52. The van der Waals surface area contributed by atoms with Crippen LogP contribution < -0.4 is 16.8 Å². The number of carbonyl (C=O) groups is 1. The molecule has 1 aromatic carbocycles. The van der Waals surface area contributed by atoms with E-state index in [1.165, 1.54) is 6.42 Å². The Morgan fingerprint density at radius 1 is 1.53 bits per heavy atom. The molecule has 1 unspecified atom stereocenters. The van der Waals surface area contributed by atoms with E-state index in [2.05, 4.69) is 19.2 Å². The summed E-state index contributed by atoms with van der Waals surface area (Å²) in [6.45, 7) is 5.45. The van der Waals surface area contributed by atoms with Gasteiger partial charge in [0.05, 0.1) is 11.4 Å². The molecule has 5 N–H and O–H groups in total. The molecular formula is C13H19N3O. The zero-order chi connectivity index (χ0) is 12.6. The minimum absolute atomic E-state index is 0.444. The standard InChI is InChI=1S/C13H19N3O/c1-13(2)6-9(13)7-16-11-4-3-8(12(15)17)5-10(11)14/h3-5,9,16H,6-7,14H2,1-2H3,(H2,15,17). The van der Waals surface area contributed by atoms with Crippen LogP contribution in [0.5, 0.6) is 0 Å². The quantitative estimate of drug-likeness (QED) is 0.694. The molecule has 1 aliphatic carbocycles. The van der Waals surface area contributed by atoms with Crippen LogP contribution in [-0.4, -0.2) is 12.5 Å². The summed E-state index contributed by atoms with van der Waals surface area (Å²) in [7, 11) is 0. The van der Waals surface area contributed by atoms with Crippen molar-refractivity contribution in [1.82, 2.24) is 0 Å². The van der Waals surface area contributed by atoms with Gasteiger partial charge in [-0.15, -0.1) is 0 Å². The minimum atomic E-state index is -0.452. The Morgan fingerprint density at radius 2 is 2.18 bits per heavy atom. The lowest BCUT2D eigenvalue weighted by molar-refractivity contribution is 0.100. The molecule has 1 aliphatic rings. The van der Waals surface area contributed by atoms with Gasteiger partial charge in [0, 0.05) is 12.1 Å². The maximum atomic E-state index is 11.0. The molecule has 0 spiro atoms. The van der Waals surface area contributed by atoms with Gasteiger partial charge in [0.2, 0.25) is 5.91 Å². The van der Waals surface area contributed by atoms with Crippen molar-refractivity contribution in [3.63, 3.8) is 0 Å². The van der Waals surface area contributed by atoms with E-state index in [1.54, 1.807) is 12.1 Å². The van der Waals surface area contributed by atoms with Crippen LogP contribution >= 0.6 is 0 Å². The third-order valence-corrected chi connectivity index (χ3v) is 3.59. The summed E-state index contributed by atoms with van der Waals surface area (Å²) in [5.41, 5.74) is 13.4. The van der Waals surface area contributed by atoms with Gasteiger partial charge in [-0.3, -0.25) is 4.79 Å². The van der Waals surface area contributed by atoms with Crippen LogP contribution in [0, 0.1) is 11.3 Å². The maximum Gasteiger partial charge on any atom is 0.248 e. The van der Waals surface area contributed by atoms with Crippen LogP contribution in [0.3, 0.4) is 0 Å². The summed E-state index contributed by atoms with van der Waals surface area (Å²) in [5.74, 6) is 0.254. The van der Waals surface area contributed by atoms with Gasteiger partial charge in [-0.25, -0.2) is 0 Å². The number of nitrogens with two attached hydrogens (primary N) is 2. The molecule has 92 valence electrons. The first kappa shape index (κ1) is 11.8. The van der Waals surface area contributed by atoms with Crippen LogP contribution in [-0.2, 0) is 0 Å². The lowest BCUT2D eigenvalue weighted by atomic mass is 10.1. The van der Waals surface area contributed by atoms with Gasteiger partial charge in [0.15, 0.2) is 0 Å². The molecule has 1 aromatic rings. The SMILES string of the molecule is CC1(C)CC1CNc1ccc(C(N)=O)cc1N. The summed E-state index contributed by atoms with van der Waals surface area (Å²) in [5, 5.41) is 3.32. The summed E-state index contributed by atoms with van der Waals surface area (Å²) in [4.78, 5) is 11.0. The predicted molar refractivity (Wildman–Crippen MR) is 69.8 cm³/mol. The fraction of sp³-hybridized carbons (Fsp3) is 0.462. The van der Waals surface area contributed by atoms with Gasteiger partial charge >= 0.3 is 0 Å². The van der Waals surface area contributed by atoms with Crippen molar-refractivity contribution in [2.75, 3.05) is 17.6 Å². The smallest absolute Gasteiger partial charge is 0.248 e. The van der Waals surface area contributed by atoms with Crippen molar-refractivity contribution in [1.29, 1.82) is 0 Å². The summed E-state index contributed by atoms with van der Waals surface area (Å²) in [6, 6.07) is 5.12. The van der Waals surface area contributed by atoms with Gasteiger partial charge in [-0.05, 0) is 36.0 Å². The van der Waals surface area contributed by atoms with Crippen LogP contribution in [0.25, 0.3) is 0 Å². The van der Waals surface area contributed by atoms with Crippen molar-refractivity contribution >= 4 is 17.3 Å². The fourth-order valence-electron chi connectivity index (χ4n) is 2.03.